The van der Waals surface area contributed by atoms with E-state index in [2.05, 4.69) is 0 Å². The van der Waals surface area contributed by atoms with Gasteiger partial charge >= 0.3 is 11.9 Å². The molecule has 1 aliphatic rings. The van der Waals surface area contributed by atoms with Crippen LogP contribution in [0.4, 0.5) is 0 Å². The normalized spacial score (nSPS) is 23.2. The zero-order valence-electron chi connectivity index (χ0n) is 12.1. The van der Waals surface area contributed by atoms with Crippen molar-refractivity contribution < 1.29 is 24.2 Å². The quantitative estimate of drug-likeness (QED) is 0.608. The zero-order valence-corrected chi connectivity index (χ0v) is 12.1. The Bertz CT molecular complexity index is 302. The lowest BCUT2D eigenvalue weighted by molar-refractivity contribution is -0.171. The first kappa shape index (κ1) is 16.0. The lowest BCUT2D eigenvalue weighted by atomic mass is 9.89. The number of hydrogen-bond acceptors (Lipinski definition) is 5. The van der Waals surface area contributed by atoms with Crippen molar-refractivity contribution in [1.82, 2.24) is 0 Å². The van der Waals surface area contributed by atoms with E-state index < -0.39 is 29.9 Å². The van der Waals surface area contributed by atoms with Gasteiger partial charge in [-0.1, -0.05) is 6.42 Å². The highest BCUT2D eigenvalue weighted by Gasteiger charge is 2.43. The predicted octanol–water partition coefficient (Wildman–Crippen LogP) is 1.67. The van der Waals surface area contributed by atoms with Crippen LogP contribution in [0, 0.1) is 11.8 Å². The van der Waals surface area contributed by atoms with Gasteiger partial charge in [0.05, 0.1) is 18.3 Å². The van der Waals surface area contributed by atoms with Gasteiger partial charge in [0.25, 0.3) is 0 Å². The molecular weight excluding hydrogens is 248 g/mol. The minimum absolute atomic E-state index is 0.291. The number of aliphatic hydroxyl groups excluding tert-OH is 1. The van der Waals surface area contributed by atoms with E-state index in [1.54, 1.807) is 27.7 Å². The fourth-order valence-corrected chi connectivity index (χ4v) is 2.42. The largest absolute Gasteiger partial charge is 0.462 e. The molecule has 0 saturated heterocycles. The van der Waals surface area contributed by atoms with Crippen molar-refractivity contribution in [3.63, 3.8) is 0 Å². The average molecular weight is 272 g/mol. The molecule has 110 valence electrons. The molecular formula is C14H24O5. The smallest absolute Gasteiger partial charge is 0.320 e. The van der Waals surface area contributed by atoms with Gasteiger partial charge in [0.2, 0.25) is 0 Å². The van der Waals surface area contributed by atoms with Crippen LogP contribution >= 0.6 is 0 Å². The monoisotopic (exact) mass is 272 g/mol. The number of ether oxygens (including phenoxy) is 2. The van der Waals surface area contributed by atoms with Crippen molar-refractivity contribution in [2.75, 3.05) is 0 Å². The summed E-state index contributed by atoms with van der Waals surface area (Å²) in [7, 11) is 0. The molecule has 19 heavy (non-hydrogen) atoms. The van der Waals surface area contributed by atoms with Crippen LogP contribution in [-0.4, -0.2) is 35.4 Å². The van der Waals surface area contributed by atoms with Crippen molar-refractivity contribution in [2.45, 2.75) is 65.3 Å². The third kappa shape index (κ3) is 4.49. The van der Waals surface area contributed by atoms with Gasteiger partial charge in [-0.25, -0.2) is 0 Å². The second-order valence-electron chi connectivity index (χ2n) is 5.61. The average Bonchev–Trinajstić information content (AvgIpc) is 2.62. The SMILES string of the molecule is CC(C)OC(=O)C(C(=O)OC(C)C)C1CCCC1O. The summed E-state index contributed by atoms with van der Waals surface area (Å²) >= 11 is 0. The number of aliphatic hydroxyl groups is 1. The Balaban J connectivity index is 2.83. The lowest BCUT2D eigenvalue weighted by Crippen LogP contribution is -2.39. The number of esters is 2. The minimum Gasteiger partial charge on any atom is -0.462 e. The number of rotatable bonds is 5. The number of carbonyl (C=O) groups excluding carboxylic acids is 2. The Morgan fingerprint density at radius 3 is 1.79 bits per heavy atom. The summed E-state index contributed by atoms with van der Waals surface area (Å²) in [6, 6.07) is 0. The molecule has 0 aromatic rings. The van der Waals surface area contributed by atoms with E-state index in [1.165, 1.54) is 0 Å². The van der Waals surface area contributed by atoms with Crippen LogP contribution in [0.2, 0.25) is 0 Å². The summed E-state index contributed by atoms with van der Waals surface area (Å²) in [6.45, 7) is 6.92. The molecule has 1 saturated carbocycles. The molecule has 0 heterocycles. The lowest BCUT2D eigenvalue weighted by Gasteiger charge is -2.24. The molecule has 0 aliphatic heterocycles. The minimum atomic E-state index is -1.01. The first-order valence-electron chi connectivity index (χ1n) is 6.92. The van der Waals surface area contributed by atoms with Crippen LogP contribution in [0.15, 0.2) is 0 Å². The van der Waals surface area contributed by atoms with E-state index in [-0.39, 0.29) is 12.2 Å². The highest BCUT2D eigenvalue weighted by atomic mass is 16.6. The van der Waals surface area contributed by atoms with Crippen molar-refractivity contribution in [1.29, 1.82) is 0 Å². The molecule has 1 aliphatic carbocycles. The van der Waals surface area contributed by atoms with Crippen molar-refractivity contribution in [3.05, 3.63) is 0 Å². The maximum atomic E-state index is 12.1. The highest BCUT2D eigenvalue weighted by Crippen LogP contribution is 2.33. The van der Waals surface area contributed by atoms with Crippen molar-refractivity contribution in [2.24, 2.45) is 11.8 Å². The van der Waals surface area contributed by atoms with Gasteiger partial charge in [0.1, 0.15) is 0 Å². The van der Waals surface area contributed by atoms with Gasteiger partial charge < -0.3 is 14.6 Å². The van der Waals surface area contributed by atoms with E-state index in [9.17, 15) is 14.7 Å². The van der Waals surface area contributed by atoms with E-state index in [4.69, 9.17) is 9.47 Å². The summed E-state index contributed by atoms with van der Waals surface area (Å²) in [6.07, 6.45) is 0.856. The molecule has 0 amide bonds. The van der Waals surface area contributed by atoms with Crippen molar-refractivity contribution >= 4 is 11.9 Å². The molecule has 1 rings (SSSR count). The Labute approximate surface area is 114 Å². The summed E-state index contributed by atoms with van der Waals surface area (Å²) < 4.78 is 10.2. The first-order valence-corrected chi connectivity index (χ1v) is 6.92. The summed E-state index contributed by atoms with van der Waals surface area (Å²) in [5, 5.41) is 9.91. The Hall–Kier alpha value is -1.10. The molecule has 0 aromatic carbocycles. The first-order chi connectivity index (χ1) is 8.82. The number of carbonyl (C=O) groups is 2. The van der Waals surface area contributed by atoms with Crippen molar-refractivity contribution in [3.8, 4) is 0 Å². The Morgan fingerprint density at radius 1 is 1.00 bits per heavy atom. The second kappa shape index (κ2) is 6.89. The molecule has 0 spiro atoms. The molecule has 0 aromatic heterocycles. The fourth-order valence-electron chi connectivity index (χ4n) is 2.42. The summed E-state index contributed by atoms with van der Waals surface area (Å²) in [4.78, 5) is 24.2. The molecule has 0 bridgehead atoms. The standard InChI is InChI=1S/C14H24O5/c1-8(2)18-13(16)12(14(17)19-9(3)4)10-6-5-7-11(10)15/h8-12,15H,5-7H2,1-4H3. The van der Waals surface area contributed by atoms with E-state index >= 15 is 0 Å². The van der Waals surface area contributed by atoms with Gasteiger partial charge in [0, 0.05) is 5.92 Å². The highest BCUT2D eigenvalue weighted by molar-refractivity contribution is 5.95. The molecule has 1 N–H and O–H groups in total. The van der Waals surface area contributed by atoms with Gasteiger partial charge in [-0.2, -0.15) is 0 Å². The summed E-state index contributed by atoms with van der Waals surface area (Å²) in [5.41, 5.74) is 0. The van der Waals surface area contributed by atoms with Crippen LogP contribution in [0.5, 0.6) is 0 Å². The van der Waals surface area contributed by atoms with Crippen LogP contribution in [0.25, 0.3) is 0 Å². The second-order valence-corrected chi connectivity index (χ2v) is 5.61. The zero-order chi connectivity index (χ0) is 14.6. The van der Waals surface area contributed by atoms with Gasteiger partial charge in [0.15, 0.2) is 5.92 Å². The summed E-state index contributed by atoms with van der Waals surface area (Å²) in [5.74, 6) is -2.59. The van der Waals surface area contributed by atoms with Gasteiger partial charge in [-0.3, -0.25) is 9.59 Å². The number of hydrogen-bond donors (Lipinski definition) is 1. The predicted molar refractivity (Wildman–Crippen MR) is 69.3 cm³/mol. The topological polar surface area (TPSA) is 72.8 Å². The van der Waals surface area contributed by atoms with Crippen LogP contribution < -0.4 is 0 Å². The maximum Gasteiger partial charge on any atom is 0.320 e. The fraction of sp³-hybridized carbons (Fsp3) is 0.857. The van der Waals surface area contributed by atoms with Crippen LogP contribution in [0.3, 0.4) is 0 Å². The molecule has 1 fully saturated rings. The van der Waals surface area contributed by atoms with Gasteiger partial charge in [-0.15, -0.1) is 0 Å². The van der Waals surface area contributed by atoms with Gasteiger partial charge in [-0.05, 0) is 40.5 Å². The molecule has 0 radical (unpaired) electrons. The third-order valence-corrected chi connectivity index (χ3v) is 3.17. The molecule has 5 heteroatoms. The van der Waals surface area contributed by atoms with E-state index in [0.717, 1.165) is 6.42 Å². The Kier molecular flexibility index (Phi) is 5.79. The molecule has 2 atom stereocenters. The van der Waals surface area contributed by atoms with Crippen LogP contribution in [-0.2, 0) is 19.1 Å². The van der Waals surface area contributed by atoms with E-state index in [1.807, 2.05) is 0 Å². The van der Waals surface area contributed by atoms with Crippen LogP contribution in [0.1, 0.15) is 47.0 Å². The Morgan fingerprint density at radius 2 is 1.47 bits per heavy atom. The third-order valence-electron chi connectivity index (χ3n) is 3.17. The molecule has 5 nitrogen and oxygen atoms in total. The molecule has 2 unspecified atom stereocenters. The van der Waals surface area contributed by atoms with E-state index in [0.29, 0.717) is 12.8 Å². The maximum absolute atomic E-state index is 12.1.